The highest BCUT2D eigenvalue weighted by Crippen LogP contribution is 2.20. The molecule has 0 aliphatic rings. The van der Waals surface area contributed by atoms with Crippen LogP contribution in [0.1, 0.15) is 33.5 Å². The molecule has 0 radical (unpaired) electrons. The predicted octanol–water partition coefficient (Wildman–Crippen LogP) is 3.48. The third kappa shape index (κ3) is 4.71. The average Bonchev–Trinajstić information content (AvgIpc) is 3.01. The monoisotopic (exact) mass is 355 g/mol. The fourth-order valence-electron chi connectivity index (χ4n) is 1.84. The van der Waals surface area contributed by atoms with Crippen LogP contribution in [-0.2, 0) is 6.54 Å². The molecule has 0 bridgehead atoms. The highest BCUT2D eigenvalue weighted by Gasteiger charge is 2.15. The maximum Gasteiger partial charge on any atom is 0.271 e. The Bertz CT molecular complexity index is 633. The van der Waals surface area contributed by atoms with Crippen molar-refractivity contribution < 1.29 is 4.79 Å². The maximum absolute atomic E-state index is 12.1. The van der Waals surface area contributed by atoms with Gasteiger partial charge in [0, 0.05) is 16.9 Å². The first-order valence-corrected chi connectivity index (χ1v) is 9.48. The highest BCUT2D eigenvalue weighted by molar-refractivity contribution is 7.98. The van der Waals surface area contributed by atoms with Crippen LogP contribution in [-0.4, -0.2) is 22.9 Å². The van der Waals surface area contributed by atoms with E-state index in [0.717, 1.165) is 22.7 Å². The molecule has 0 aliphatic heterocycles. The minimum absolute atomic E-state index is 0.109. The molecule has 4 nitrogen and oxygen atoms in total. The number of amides is 1. The third-order valence-corrected chi connectivity index (χ3v) is 5.09. The Hall–Kier alpha value is -1.08. The van der Waals surface area contributed by atoms with Crippen molar-refractivity contribution in [3.05, 3.63) is 50.9 Å². The van der Waals surface area contributed by atoms with Crippen molar-refractivity contribution in [2.24, 2.45) is 5.73 Å². The summed E-state index contributed by atoms with van der Waals surface area (Å²) in [6.45, 7) is 0.379. The summed E-state index contributed by atoms with van der Waals surface area (Å²) in [6.07, 6.45) is 2.90. The Balaban J connectivity index is 1.93. The van der Waals surface area contributed by atoms with E-state index >= 15 is 0 Å². The van der Waals surface area contributed by atoms with E-state index in [2.05, 4.69) is 10.3 Å². The van der Waals surface area contributed by atoms with Crippen LogP contribution in [0, 0.1) is 0 Å². The topological polar surface area (TPSA) is 68.0 Å². The molecule has 0 saturated carbocycles. The van der Waals surface area contributed by atoms with Crippen LogP contribution in [0.15, 0.2) is 29.6 Å². The van der Waals surface area contributed by atoms with E-state index in [1.165, 1.54) is 11.3 Å². The molecule has 1 aromatic heterocycles. The van der Waals surface area contributed by atoms with E-state index in [9.17, 15) is 4.79 Å². The Kier molecular flexibility index (Phi) is 6.70. The molecule has 1 unspecified atom stereocenters. The molecule has 1 heterocycles. The standard InChI is InChI=1S/C15H18ClN3OS2/c1-21-7-6-12(17)15-19-13(9-22-15)14(20)18-8-10-4-2-3-5-11(10)16/h2-5,9,12H,6-8,17H2,1H3,(H,18,20). The molecule has 118 valence electrons. The predicted molar refractivity (Wildman–Crippen MR) is 94.7 cm³/mol. The summed E-state index contributed by atoms with van der Waals surface area (Å²) in [5, 5.41) is 6.02. The lowest BCUT2D eigenvalue weighted by Crippen LogP contribution is -2.23. The van der Waals surface area contributed by atoms with Gasteiger partial charge in [0.15, 0.2) is 0 Å². The van der Waals surface area contributed by atoms with Gasteiger partial charge in [-0.15, -0.1) is 11.3 Å². The lowest BCUT2D eigenvalue weighted by atomic mass is 10.2. The highest BCUT2D eigenvalue weighted by atomic mass is 35.5. The molecular formula is C15H18ClN3OS2. The number of thiazole rings is 1. The van der Waals surface area contributed by atoms with Gasteiger partial charge in [-0.1, -0.05) is 29.8 Å². The van der Waals surface area contributed by atoms with Gasteiger partial charge < -0.3 is 11.1 Å². The fourth-order valence-corrected chi connectivity index (χ4v) is 3.37. The van der Waals surface area contributed by atoms with Crippen LogP contribution in [0.2, 0.25) is 5.02 Å². The van der Waals surface area contributed by atoms with E-state index in [0.29, 0.717) is 17.3 Å². The van der Waals surface area contributed by atoms with Gasteiger partial charge in [0.2, 0.25) is 0 Å². The number of halogens is 1. The number of hydrogen-bond donors (Lipinski definition) is 2. The Morgan fingerprint density at radius 3 is 3.00 bits per heavy atom. The molecule has 7 heteroatoms. The van der Waals surface area contributed by atoms with Crippen molar-refractivity contribution in [2.45, 2.75) is 19.0 Å². The van der Waals surface area contributed by atoms with Crippen molar-refractivity contribution in [1.82, 2.24) is 10.3 Å². The first-order valence-electron chi connectivity index (χ1n) is 6.83. The van der Waals surface area contributed by atoms with E-state index in [4.69, 9.17) is 17.3 Å². The van der Waals surface area contributed by atoms with Gasteiger partial charge in [0.05, 0.1) is 6.04 Å². The van der Waals surface area contributed by atoms with E-state index in [-0.39, 0.29) is 11.9 Å². The molecule has 3 N–H and O–H groups in total. The number of rotatable bonds is 7. The van der Waals surface area contributed by atoms with E-state index < -0.39 is 0 Å². The molecule has 0 saturated heterocycles. The second kappa shape index (κ2) is 8.53. The Morgan fingerprint density at radius 1 is 1.50 bits per heavy atom. The van der Waals surface area contributed by atoms with Crippen LogP contribution in [0.25, 0.3) is 0 Å². The zero-order valence-electron chi connectivity index (χ0n) is 12.2. The second-order valence-electron chi connectivity index (χ2n) is 4.73. The molecule has 0 aliphatic carbocycles. The van der Waals surface area contributed by atoms with Crippen molar-refractivity contribution in [3.8, 4) is 0 Å². The summed E-state index contributed by atoms with van der Waals surface area (Å²) in [6, 6.07) is 7.32. The second-order valence-corrected chi connectivity index (χ2v) is 7.02. The van der Waals surface area contributed by atoms with Crippen molar-refractivity contribution in [3.63, 3.8) is 0 Å². The summed E-state index contributed by atoms with van der Waals surface area (Å²) < 4.78 is 0. The molecule has 0 fully saturated rings. The van der Waals surface area contributed by atoms with Gasteiger partial charge in [-0.05, 0) is 30.1 Å². The van der Waals surface area contributed by atoms with Gasteiger partial charge in [0.25, 0.3) is 5.91 Å². The Morgan fingerprint density at radius 2 is 2.27 bits per heavy atom. The summed E-state index contributed by atoms with van der Waals surface area (Å²) >= 11 is 9.24. The molecule has 2 rings (SSSR count). The molecule has 1 amide bonds. The molecule has 22 heavy (non-hydrogen) atoms. The molecule has 1 aromatic carbocycles. The summed E-state index contributed by atoms with van der Waals surface area (Å²) in [5.74, 6) is 0.772. The van der Waals surface area contributed by atoms with Crippen LogP contribution >= 0.6 is 34.7 Å². The number of nitrogens with zero attached hydrogens (tertiary/aromatic N) is 1. The number of nitrogens with two attached hydrogens (primary N) is 1. The van der Waals surface area contributed by atoms with Gasteiger partial charge in [0.1, 0.15) is 10.7 Å². The number of aromatic nitrogens is 1. The maximum atomic E-state index is 12.1. The molecule has 1 atom stereocenters. The molecular weight excluding hydrogens is 338 g/mol. The van der Waals surface area contributed by atoms with Crippen molar-refractivity contribution in [1.29, 1.82) is 0 Å². The van der Waals surface area contributed by atoms with Crippen LogP contribution in [0.3, 0.4) is 0 Å². The summed E-state index contributed by atoms with van der Waals surface area (Å²) in [5.41, 5.74) is 7.35. The van der Waals surface area contributed by atoms with Gasteiger partial charge in [-0.3, -0.25) is 4.79 Å². The largest absolute Gasteiger partial charge is 0.347 e. The van der Waals surface area contributed by atoms with Crippen LogP contribution < -0.4 is 11.1 Å². The third-order valence-electron chi connectivity index (χ3n) is 3.10. The first kappa shape index (κ1) is 17.3. The van der Waals surface area contributed by atoms with Crippen molar-refractivity contribution in [2.75, 3.05) is 12.0 Å². The number of carbonyl (C=O) groups is 1. The molecule has 2 aromatic rings. The minimum atomic E-state index is -0.209. The van der Waals surface area contributed by atoms with Crippen molar-refractivity contribution >= 4 is 40.6 Å². The van der Waals surface area contributed by atoms with E-state index in [1.54, 1.807) is 23.2 Å². The summed E-state index contributed by atoms with van der Waals surface area (Å²) in [4.78, 5) is 16.5. The zero-order valence-corrected chi connectivity index (χ0v) is 14.6. The number of benzene rings is 1. The van der Waals surface area contributed by atoms with Crippen LogP contribution in [0.5, 0.6) is 0 Å². The number of thioether (sulfide) groups is 1. The SMILES string of the molecule is CSCCC(N)c1nc(C(=O)NCc2ccccc2Cl)cs1. The van der Waals surface area contributed by atoms with Gasteiger partial charge in [-0.2, -0.15) is 11.8 Å². The fraction of sp³-hybridized carbons (Fsp3) is 0.333. The molecule has 0 spiro atoms. The Labute approximate surface area is 143 Å². The average molecular weight is 356 g/mol. The lowest BCUT2D eigenvalue weighted by Gasteiger charge is -2.07. The quantitative estimate of drug-likeness (QED) is 0.797. The van der Waals surface area contributed by atoms with Crippen LogP contribution in [0.4, 0.5) is 0 Å². The number of nitrogens with one attached hydrogen (secondary N) is 1. The number of carbonyl (C=O) groups excluding carboxylic acids is 1. The first-order chi connectivity index (χ1) is 10.6. The smallest absolute Gasteiger partial charge is 0.271 e. The van der Waals surface area contributed by atoms with Gasteiger partial charge in [-0.25, -0.2) is 4.98 Å². The summed E-state index contributed by atoms with van der Waals surface area (Å²) in [7, 11) is 0. The minimum Gasteiger partial charge on any atom is -0.347 e. The van der Waals surface area contributed by atoms with E-state index in [1.807, 2.05) is 24.5 Å². The normalized spacial score (nSPS) is 12.1. The number of hydrogen-bond acceptors (Lipinski definition) is 5. The zero-order chi connectivity index (χ0) is 15.9. The van der Waals surface area contributed by atoms with Gasteiger partial charge >= 0.3 is 0 Å². The lowest BCUT2D eigenvalue weighted by molar-refractivity contribution is 0.0946.